The molecule has 0 atom stereocenters. The van der Waals surface area contributed by atoms with E-state index in [-0.39, 0.29) is 12.4 Å². The molecule has 0 bridgehead atoms. The number of aliphatic hydroxyl groups excluding tert-OH is 1. The summed E-state index contributed by atoms with van der Waals surface area (Å²) >= 11 is 0. The highest BCUT2D eigenvalue weighted by atomic mass is 19.1. The summed E-state index contributed by atoms with van der Waals surface area (Å²) in [6.07, 6.45) is 1.79. The van der Waals surface area contributed by atoms with Gasteiger partial charge in [0.15, 0.2) is 0 Å². The zero-order valence-corrected chi connectivity index (χ0v) is 11.6. The lowest BCUT2D eigenvalue weighted by molar-refractivity contribution is 0.282. The molecule has 2 aromatic carbocycles. The fraction of sp³-hybridized carbons (Fsp3) is 0.118. The number of benzene rings is 2. The molecule has 0 aliphatic rings. The van der Waals surface area contributed by atoms with Gasteiger partial charge in [-0.2, -0.15) is 5.10 Å². The summed E-state index contributed by atoms with van der Waals surface area (Å²) in [7, 11) is 0. The zero-order chi connectivity index (χ0) is 14.8. The third-order valence-corrected chi connectivity index (χ3v) is 3.38. The van der Waals surface area contributed by atoms with Crippen LogP contribution in [0.3, 0.4) is 0 Å². The van der Waals surface area contributed by atoms with Crippen LogP contribution in [0.2, 0.25) is 0 Å². The van der Waals surface area contributed by atoms with Gasteiger partial charge >= 0.3 is 0 Å². The molecule has 4 heteroatoms. The van der Waals surface area contributed by atoms with Crippen LogP contribution < -0.4 is 0 Å². The Bertz CT molecular complexity index is 745. The van der Waals surface area contributed by atoms with Gasteiger partial charge in [-0.3, -0.25) is 0 Å². The van der Waals surface area contributed by atoms with E-state index < -0.39 is 0 Å². The first-order valence-corrected chi connectivity index (χ1v) is 6.70. The Morgan fingerprint density at radius 2 is 1.71 bits per heavy atom. The van der Waals surface area contributed by atoms with E-state index in [4.69, 9.17) is 0 Å². The minimum absolute atomic E-state index is 0.113. The Hall–Kier alpha value is -2.46. The summed E-state index contributed by atoms with van der Waals surface area (Å²) in [5.41, 5.74) is 4.25. The molecule has 3 aromatic rings. The van der Waals surface area contributed by atoms with Crippen molar-refractivity contribution in [2.24, 2.45) is 0 Å². The molecule has 1 N–H and O–H groups in total. The second-order valence-electron chi connectivity index (χ2n) is 4.95. The normalized spacial score (nSPS) is 10.8. The van der Waals surface area contributed by atoms with Gasteiger partial charge in [0.2, 0.25) is 0 Å². The van der Waals surface area contributed by atoms with E-state index >= 15 is 0 Å². The first kappa shape index (κ1) is 13.5. The van der Waals surface area contributed by atoms with Crippen molar-refractivity contribution < 1.29 is 9.50 Å². The van der Waals surface area contributed by atoms with Gasteiger partial charge in [-0.15, -0.1) is 0 Å². The highest BCUT2D eigenvalue weighted by molar-refractivity contribution is 5.63. The lowest BCUT2D eigenvalue weighted by atomic mass is 10.1. The van der Waals surface area contributed by atoms with E-state index in [1.807, 2.05) is 31.2 Å². The van der Waals surface area contributed by atoms with Crippen LogP contribution in [0.25, 0.3) is 16.9 Å². The molecule has 0 spiro atoms. The summed E-state index contributed by atoms with van der Waals surface area (Å²) in [4.78, 5) is 0. The van der Waals surface area contributed by atoms with E-state index in [1.54, 1.807) is 23.0 Å². The number of nitrogens with zero attached hydrogens (tertiary/aromatic N) is 2. The molecular formula is C17H15FN2O. The highest BCUT2D eigenvalue weighted by Gasteiger charge is 2.11. The maximum atomic E-state index is 13.0. The lowest BCUT2D eigenvalue weighted by Crippen LogP contribution is -1.94. The molecule has 106 valence electrons. The van der Waals surface area contributed by atoms with Crippen molar-refractivity contribution in [3.63, 3.8) is 0 Å². The maximum Gasteiger partial charge on any atom is 0.123 e. The van der Waals surface area contributed by atoms with Gasteiger partial charge in [-0.05, 0) is 43.3 Å². The maximum absolute atomic E-state index is 13.0. The molecular weight excluding hydrogens is 267 g/mol. The van der Waals surface area contributed by atoms with Crippen molar-refractivity contribution in [1.29, 1.82) is 0 Å². The number of hydrogen-bond acceptors (Lipinski definition) is 2. The summed E-state index contributed by atoms with van der Waals surface area (Å²) in [5.74, 6) is -0.290. The van der Waals surface area contributed by atoms with Crippen LogP contribution >= 0.6 is 0 Å². The van der Waals surface area contributed by atoms with Crippen molar-refractivity contribution >= 4 is 0 Å². The van der Waals surface area contributed by atoms with Gasteiger partial charge in [0.05, 0.1) is 18.0 Å². The van der Waals surface area contributed by atoms with Crippen molar-refractivity contribution in [2.75, 3.05) is 0 Å². The molecule has 1 aromatic heterocycles. The average molecular weight is 282 g/mol. The van der Waals surface area contributed by atoms with Crippen LogP contribution in [0.5, 0.6) is 0 Å². The zero-order valence-electron chi connectivity index (χ0n) is 11.6. The lowest BCUT2D eigenvalue weighted by Gasteiger charge is -2.01. The van der Waals surface area contributed by atoms with Crippen LogP contribution in [0.1, 0.15) is 11.1 Å². The summed E-state index contributed by atoms with van der Waals surface area (Å²) in [6.45, 7) is 1.91. The van der Waals surface area contributed by atoms with Gasteiger partial charge in [0, 0.05) is 17.3 Å². The molecule has 21 heavy (non-hydrogen) atoms. The molecule has 0 saturated heterocycles. The Morgan fingerprint density at radius 3 is 2.33 bits per heavy atom. The van der Waals surface area contributed by atoms with Gasteiger partial charge in [0.25, 0.3) is 0 Å². The van der Waals surface area contributed by atoms with Gasteiger partial charge < -0.3 is 5.11 Å². The fourth-order valence-electron chi connectivity index (χ4n) is 2.21. The first-order chi connectivity index (χ1) is 10.2. The number of hydrogen-bond donors (Lipinski definition) is 1. The number of aliphatic hydroxyl groups is 1. The SMILES string of the molecule is Cc1ccc(-n2cc(CO)c(-c3ccc(F)cc3)n2)cc1. The Labute approximate surface area is 122 Å². The molecule has 0 radical (unpaired) electrons. The van der Waals surface area contributed by atoms with Gasteiger partial charge in [0.1, 0.15) is 5.82 Å². The van der Waals surface area contributed by atoms with Crippen molar-refractivity contribution in [3.05, 3.63) is 71.7 Å². The molecule has 3 rings (SSSR count). The van der Waals surface area contributed by atoms with Crippen molar-refractivity contribution in [1.82, 2.24) is 9.78 Å². The van der Waals surface area contributed by atoms with E-state index in [9.17, 15) is 9.50 Å². The second-order valence-corrected chi connectivity index (χ2v) is 4.95. The quantitative estimate of drug-likeness (QED) is 0.798. The Morgan fingerprint density at radius 1 is 1.05 bits per heavy atom. The average Bonchev–Trinajstić information content (AvgIpc) is 2.93. The molecule has 1 heterocycles. The minimum atomic E-state index is -0.290. The Kier molecular flexibility index (Phi) is 3.54. The van der Waals surface area contributed by atoms with Crippen LogP contribution in [0.15, 0.2) is 54.7 Å². The molecule has 3 nitrogen and oxygen atoms in total. The topological polar surface area (TPSA) is 38.0 Å². The molecule has 0 amide bonds. The smallest absolute Gasteiger partial charge is 0.123 e. The minimum Gasteiger partial charge on any atom is -0.392 e. The summed E-state index contributed by atoms with van der Waals surface area (Å²) in [5, 5.41) is 14.0. The Balaban J connectivity index is 2.05. The summed E-state index contributed by atoms with van der Waals surface area (Å²) < 4.78 is 14.7. The molecule has 0 saturated carbocycles. The van der Waals surface area contributed by atoms with Crippen LogP contribution in [-0.4, -0.2) is 14.9 Å². The molecule has 0 aliphatic heterocycles. The van der Waals surface area contributed by atoms with E-state index in [0.29, 0.717) is 11.3 Å². The van der Waals surface area contributed by atoms with E-state index in [2.05, 4.69) is 5.10 Å². The van der Waals surface area contributed by atoms with Crippen molar-refractivity contribution in [3.8, 4) is 16.9 Å². The van der Waals surface area contributed by atoms with Crippen LogP contribution in [0.4, 0.5) is 4.39 Å². The van der Waals surface area contributed by atoms with Crippen molar-refractivity contribution in [2.45, 2.75) is 13.5 Å². The standard InChI is InChI=1S/C17H15FN2O/c1-12-2-8-16(9-3-12)20-10-14(11-21)17(19-20)13-4-6-15(18)7-5-13/h2-10,21H,11H2,1H3. The monoisotopic (exact) mass is 282 g/mol. The fourth-order valence-corrected chi connectivity index (χ4v) is 2.21. The number of halogens is 1. The number of rotatable bonds is 3. The molecule has 0 unspecified atom stereocenters. The number of aromatic nitrogens is 2. The number of aryl methyl sites for hydroxylation is 1. The predicted molar refractivity (Wildman–Crippen MR) is 79.6 cm³/mol. The van der Waals surface area contributed by atoms with E-state index in [1.165, 1.54) is 17.7 Å². The highest BCUT2D eigenvalue weighted by Crippen LogP contribution is 2.24. The largest absolute Gasteiger partial charge is 0.392 e. The molecule has 0 fully saturated rings. The molecule has 0 aliphatic carbocycles. The summed E-state index contributed by atoms with van der Waals surface area (Å²) in [6, 6.07) is 14.1. The second kappa shape index (κ2) is 5.50. The predicted octanol–water partition coefficient (Wildman–Crippen LogP) is 3.48. The van der Waals surface area contributed by atoms with Crippen LogP contribution in [-0.2, 0) is 6.61 Å². The third-order valence-electron chi connectivity index (χ3n) is 3.38. The van der Waals surface area contributed by atoms with E-state index in [0.717, 1.165) is 11.3 Å². The van der Waals surface area contributed by atoms with Crippen LogP contribution in [0, 0.1) is 12.7 Å². The van der Waals surface area contributed by atoms with Gasteiger partial charge in [-0.1, -0.05) is 17.7 Å². The first-order valence-electron chi connectivity index (χ1n) is 6.70. The third kappa shape index (κ3) is 2.71. The van der Waals surface area contributed by atoms with Gasteiger partial charge in [-0.25, -0.2) is 9.07 Å².